The Kier molecular flexibility index (Phi) is 3.38. The van der Waals surface area contributed by atoms with Gasteiger partial charge in [0.15, 0.2) is 0 Å². The first-order chi connectivity index (χ1) is 6.27. The van der Waals surface area contributed by atoms with E-state index in [0.717, 1.165) is 11.8 Å². The van der Waals surface area contributed by atoms with Crippen LogP contribution in [0, 0.1) is 0 Å². The zero-order valence-corrected chi connectivity index (χ0v) is 7.53. The lowest BCUT2D eigenvalue weighted by Gasteiger charge is -1.95. The lowest BCUT2D eigenvalue weighted by molar-refractivity contribution is 0.00235. The zero-order valence-electron chi connectivity index (χ0n) is 6.77. The van der Waals surface area contributed by atoms with Gasteiger partial charge in [0.05, 0.1) is 0 Å². The monoisotopic (exact) mass is 194 g/mol. The Hall–Kier alpha value is -1.44. The molecule has 0 saturated heterocycles. The standard InChI is InChI=1S/C9H7ClN2O/c10-5-7-2-1-3-8(4-7)9(13)6-12-11/h1-4,6H,5H2. The number of alkyl halides is 1. The van der Waals surface area contributed by atoms with Gasteiger partial charge in [0.25, 0.3) is 5.78 Å². The SMILES string of the molecule is [N-]=[N+]=CC(=O)c1cccc(CCl)c1. The van der Waals surface area contributed by atoms with Crippen molar-refractivity contribution < 1.29 is 9.58 Å². The number of carbonyl (C=O) groups excluding carboxylic acids is 1. The van der Waals surface area contributed by atoms with Crippen molar-refractivity contribution in [3.8, 4) is 0 Å². The highest BCUT2D eigenvalue weighted by Crippen LogP contribution is 2.07. The molecule has 4 heteroatoms. The highest BCUT2D eigenvalue weighted by Gasteiger charge is 2.06. The molecular formula is C9H7ClN2O. The van der Waals surface area contributed by atoms with Crippen LogP contribution in [0.2, 0.25) is 0 Å². The van der Waals surface area contributed by atoms with Crippen molar-refractivity contribution in [1.82, 2.24) is 0 Å². The van der Waals surface area contributed by atoms with Crippen molar-refractivity contribution >= 4 is 23.6 Å². The molecule has 0 spiro atoms. The van der Waals surface area contributed by atoms with Crippen LogP contribution >= 0.6 is 11.6 Å². The largest absolute Gasteiger partial charge is 0.361 e. The van der Waals surface area contributed by atoms with Gasteiger partial charge in [0.1, 0.15) is 0 Å². The molecule has 0 aliphatic carbocycles. The number of nitrogens with zero attached hydrogens (tertiary/aromatic N) is 2. The van der Waals surface area contributed by atoms with E-state index in [2.05, 4.69) is 4.79 Å². The van der Waals surface area contributed by atoms with Crippen molar-refractivity contribution in [3.63, 3.8) is 0 Å². The molecule has 1 aromatic carbocycles. The quantitative estimate of drug-likeness (QED) is 0.238. The van der Waals surface area contributed by atoms with Crippen LogP contribution in [0.15, 0.2) is 24.3 Å². The second-order valence-electron chi connectivity index (χ2n) is 2.44. The van der Waals surface area contributed by atoms with Gasteiger partial charge in [0.2, 0.25) is 0 Å². The molecule has 66 valence electrons. The topological polar surface area (TPSA) is 53.5 Å². The zero-order chi connectivity index (χ0) is 9.68. The van der Waals surface area contributed by atoms with Crippen LogP contribution in [0.3, 0.4) is 0 Å². The predicted octanol–water partition coefficient (Wildman–Crippen LogP) is 1.91. The maximum atomic E-state index is 11.2. The number of halogens is 1. The van der Waals surface area contributed by atoms with Crippen LogP contribution in [0.1, 0.15) is 15.9 Å². The molecule has 3 nitrogen and oxygen atoms in total. The van der Waals surface area contributed by atoms with E-state index >= 15 is 0 Å². The normalized spacial score (nSPS) is 9.00. The van der Waals surface area contributed by atoms with E-state index in [9.17, 15) is 4.79 Å². The first-order valence-corrected chi connectivity index (χ1v) is 4.18. The van der Waals surface area contributed by atoms with E-state index in [0.29, 0.717) is 11.4 Å². The molecule has 0 radical (unpaired) electrons. The number of benzene rings is 1. The summed E-state index contributed by atoms with van der Waals surface area (Å²) in [5.41, 5.74) is 9.48. The van der Waals surface area contributed by atoms with E-state index in [-0.39, 0.29) is 5.78 Å². The van der Waals surface area contributed by atoms with Gasteiger partial charge >= 0.3 is 6.21 Å². The van der Waals surface area contributed by atoms with Gasteiger partial charge in [0, 0.05) is 11.4 Å². The summed E-state index contributed by atoms with van der Waals surface area (Å²) in [6, 6.07) is 6.85. The summed E-state index contributed by atoms with van der Waals surface area (Å²) < 4.78 is 0. The Balaban J connectivity index is 3.01. The van der Waals surface area contributed by atoms with Gasteiger partial charge in [-0.3, -0.25) is 4.79 Å². The number of carbonyl (C=O) groups is 1. The molecule has 0 aliphatic heterocycles. The number of hydrogen-bond donors (Lipinski definition) is 0. The summed E-state index contributed by atoms with van der Waals surface area (Å²) in [5, 5.41) is 0. The average molecular weight is 195 g/mol. The summed E-state index contributed by atoms with van der Waals surface area (Å²) in [5.74, 6) is 0.0201. The molecule has 0 aliphatic rings. The molecule has 1 aromatic rings. The minimum atomic E-state index is -0.338. The van der Waals surface area contributed by atoms with Crippen LogP contribution in [0.5, 0.6) is 0 Å². The van der Waals surface area contributed by atoms with Gasteiger partial charge in [-0.15, -0.1) is 11.6 Å². The molecule has 13 heavy (non-hydrogen) atoms. The number of Topliss-reactive ketones (excluding diaryl/α,β-unsaturated/α-hetero) is 1. The van der Waals surface area contributed by atoms with Gasteiger partial charge in [-0.1, -0.05) is 18.2 Å². The number of ketones is 1. The van der Waals surface area contributed by atoms with Gasteiger partial charge in [-0.2, -0.15) is 4.79 Å². The van der Waals surface area contributed by atoms with Crippen molar-refractivity contribution in [1.29, 1.82) is 0 Å². The highest BCUT2D eigenvalue weighted by molar-refractivity contribution is 6.33. The Labute approximate surface area is 80.6 Å². The second kappa shape index (κ2) is 4.55. The molecule has 0 N–H and O–H groups in total. The van der Waals surface area contributed by atoms with E-state index in [1.807, 2.05) is 6.07 Å². The van der Waals surface area contributed by atoms with Crippen molar-refractivity contribution in [3.05, 3.63) is 40.9 Å². The molecule has 0 bridgehead atoms. The van der Waals surface area contributed by atoms with Crippen LogP contribution in [0.4, 0.5) is 0 Å². The van der Waals surface area contributed by atoms with Crippen LogP contribution in [0.25, 0.3) is 5.53 Å². The molecular weight excluding hydrogens is 188 g/mol. The summed E-state index contributed by atoms with van der Waals surface area (Å²) in [4.78, 5) is 13.8. The van der Waals surface area contributed by atoms with E-state index in [1.165, 1.54) is 0 Å². The van der Waals surface area contributed by atoms with Crippen molar-refractivity contribution in [2.45, 2.75) is 5.88 Å². The van der Waals surface area contributed by atoms with Crippen molar-refractivity contribution in [2.75, 3.05) is 0 Å². The highest BCUT2D eigenvalue weighted by atomic mass is 35.5. The maximum Gasteiger partial charge on any atom is 0.328 e. The van der Waals surface area contributed by atoms with Gasteiger partial charge in [-0.25, -0.2) is 0 Å². The molecule has 0 heterocycles. The van der Waals surface area contributed by atoms with Crippen LogP contribution in [-0.2, 0) is 5.88 Å². The Morgan fingerprint density at radius 2 is 2.38 bits per heavy atom. The fraction of sp³-hybridized carbons (Fsp3) is 0.111. The molecule has 0 amide bonds. The minimum Gasteiger partial charge on any atom is -0.361 e. The fourth-order valence-electron chi connectivity index (χ4n) is 0.935. The lowest BCUT2D eigenvalue weighted by atomic mass is 10.1. The Morgan fingerprint density at radius 1 is 1.62 bits per heavy atom. The fourth-order valence-corrected chi connectivity index (χ4v) is 1.10. The van der Waals surface area contributed by atoms with Crippen molar-refractivity contribution in [2.24, 2.45) is 0 Å². The van der Waals surface area contributed by atoms with Gasteiger partial charge in [-0.05, 0) is 11.6 Å². The van der Waals surface area contributed by atoms with E-state index in [4.69, 9.17) is 17.1 Å². The minimum absolute atomic E-state index is 0.338. The molecule has 1 rings (SSSR count). The maximum absolute atomic E-state index is 11.2. The summed E-state index contributed by atoms with van der Waals surface area (Å²) in [7, 11) is 0. The summed E-state index contributed by atoms with van der Waals surface area (Å²) >= 11 is 5.59. The predicted molar refractivity (Wildman–Crippen MR) is 50.0 cm³/mol. The average Bonchev–Trinajstić information content (AvgIpc) is 2.18. The van der Waals surface area contributed by atoms with E-state index < -0.39 is 0 Å². The second-order valence-corrected chi connectivity index (χ2v) is 2.71. The molecule has 0 unspecified atom stereocenters. The molecule has 0 saturated carbocycles. The third-order valence-electron chi connectivity index (χ3n) is 1.54. The summed E-state index contributed by atoms with van der Waals surface area (Å²) in [6.07, 6.45) is 0.855. The third-order valence-corrected chi connectivity index (χ3v) is 1.85. The summed E-state index contributed by atoms with van der Waals surface area (Å²) in [6.45, 7) is 0. The Bertz CT molecular complexity index is 370. The van der Waals surface area contributed by atoms with E-state index in [1.54, 1.807) is 18.2 Å². The molecule has 0 aromatic heterocycles. The van der Waals surface area contributed by atoms with Crippen LogP contribution in [-0.4, -0.2) is 16.8 Å². The first kappa shape index (κ1) is 9.65. The van der Waals surface area contributed by atoms with Gasteiger partial charge < -0.3 is 5.53 Å². The third kappa shape index (κ3) is 2.51. The first-order valence-electron chi connectivity index (χ1n) is 3.64. The Morgan fingerprint density at radius 3 is 3.00 bits per heavy atom. The lowest BCUT2D eigenvalue weighted by Crippen LogP contribution is -2.00. The molecule has 0 fully saturated rings. The van der Waals surface area contributed by atoms with Crippen LogP contribution < -0.4 is 0 Å². The number of rotatable bonds is 3. The smallest absolute Gasteiger partial charge is 0.328 e. The number of hydrogen-bond acceptors (Lipinski definition) is 1. The molecule has 0 atom stereocenters.